The first-order valence-corrected chi connectivity index (χ1v) is 8.13. The fourth-order valence-corrected chi connectivity index (χ4v) is 2.21. The highest BCUT2D eigenvalue weighted by molar-refractivity contribution is 5.94. The van der Waals surface area contributed by atoms with E-state index >= 15 is 0 Å². The quantitative estimate of drug-likeness (QED) is 0.704. The topological polar surface area (TPSA) is 51.9 Å². The van der Waals surface area contributed by atoms with E-state index in [1.54, 1.807) is 30.4 Å². The van der Waals surface area contributed by atoms with Gasteiger partial charge in [0.2, 0.25) is 0 Å². The molecule has 5 nitrogen and oxygen atoms in total. The number of benzene rings is 1. The summed E-state index contributed by atoms with van der Waals surface area (Å²) < 4.78 is 16.2. The monoisotopic (exact) mass is 331 g/mol. The van der Waals surface area contributed by atoms with Crippen LogP contribution in [0, 0.1) is 5.92 Å². The van der Waals surface area contributed by atoms with Crippen LogP contribution in [0.2, 0.25) is 0 Å². The SMILES string of the molecule is COCCN(Cc1ccco1)C(=O)c1cccc(OCC(C)C)c1. The highest BCUT2D eigenvalue weighted by Crippen LogP contribution is 2.17. The van der Waals surface area contributed by atoms with Gasteiger partial charge in [-0.1, -0.05) is 19.9 Å². The van der Waals surface area contributed by atoms with Crippen LogP contribution >= 0.6 is 0 Å². The standard InChI is InChI=1S/C19H25NO4/c1-15(2)14-24-17-7-4-6-16(12-17)19(21)20(9-11-22-3)13-18-8-5-10-23-18/h4-8,10,12,15H,9,11,13-14H2,1-3H3. The van der Waals surface area contributed by atoms with Crippen LogP contribution < -0.4 is 4.74 Å². The summed E-state index contributed by atoms with van der Waals surface area (Å²) in [5.41, 5.74) is 0.596. The predicted molar refractivity (Wildman–Crippen MR) is 92.1 cm³/mol. The van der Waals surface area contributed by atoms with Gasteiger partial charge in [-0.05, 0) is 36.2 Å². The van der Waals surface area contributed by atoms with Crippen LogP contribution in [0.1, 0.15) is 30.0 Å². The van der Waals surface area contributed by atoms with Crippen LogP contribution in [0.5, 0.6) is 5.75 Å². The molecule has 1 amide bonds. The summed E-state index contributed by atoms with van der Waals surface area (Å²) in [6, 6.07) is 11.0. The summed E-state index contributed by atoms with van der Waals surface area (Å²) in [4.78, 5) is 14.6. The first kappa shape index (κ1) is 18.1. The van der Waals surface area contributed by atoms with Crippen molar-refractivity contribution in [3.8, 4) is 5.75 Å². The van der Waals surface area contributed by atoms with Gasteiger partial charge in [-0.2, -0.15) is 0 Å². The number of amides is 1. The van der Waals surface area contributed by atoms with Crippen molar-refractivity contribution in [2.24, 2.45) is 5.92 Å². The molecule has 0 bridgehead atoms. The molecule has 0 fully saturated rings. The lowest BCUT2D eigenvalue weighted by Gasteiger charge is -2.21. The molecule has 24 heavy (non-hydrogen) atoms. The van der Waals surface area contributed by atoms with Gasteiger partial charge < -0.3 is 18.8 Å². The fraction of sp³-hybridized carbons (Fsp3) is 0.421. The van der Waals surface area contributed by atoms with E-state index in [0.717, 1.165) is 5.76 Å². The molecule has 130 valence electrons. The van der Waals surface area contributed by atoms with E-state index in [-0.39, 0.29) is 5.91 Å². The molecule has 0 saturated heterocycles. The lowest BCUT2D eigenvalue weighted by molar-refractivity contribution is 0.0666. The highest BCUT2D eigenvalue weighted by atomic mass is 16.5. The fourth-order valence-electron chi connectivity index (χ4n) is 2.21. The zero-order valence-electron chi connectivity index (χ0n) is 14.5. The van der Waals surface area contributed by atoms with Gasteiger partial charge in [-0.15, -0.1) is 0 Å². The molecule has 5 heteroatoms. The summed E-state index contributed by atoms with van der Waals surface area (Å²) in [6.07, 6.45) is 1.61. The summed E-state index contributed by atoms with van der Waals surface area (Å²) in [6.45, 7) is 6.17. The Bertz CT molecular complexity index is 622. The van der Waals surface area contributed by atoms with Crippen LogP contribution in [0.15, 0.2) is 47.1 Å². The molecule has 0 aliphatic heterocycles. The third-order valence-electron chi connectivity index (χ3n) is 3.44. The van der Waals surface area contributed by atoms with Gasteiger partial charge >= 0.3 is 0 Å². The van der Waals surface area contributed by atoms with Crippen molar-refractivity contribution in [2.45, 2.75) is 20.4 Å². The molecule has 1 aromatic carbocycles. The molecule has 2 rings (SSSR count). The number of rotatable bonds is 9. The molecule has 0 saturated carbocycles. The Balaban J connectivity index is 2.11. The zero-order chi connectivity index (χ0) is 17.4. The minimum Gasteiger partial charge on any atom is -0.493 e. The molecule has 0 radical (unpaired) electrons. The van der Waals surface area contributed by atoms with Gasteiger partial charge in [0, 0.05) is 19.2 Å². The zero-order valence-corrected chi connectivity index (χ0v) is 14.5. The average molecular weight is 331 g/mol. The first-order valence-electron chi connectivity index (χ1n) is 8.13. The summed E-state index contributed by atoms with van der Waals surface area (Å²) >= 11 is 0. The second-order valence-corrected chi connectivity index (χ2v) is 6.03. The molecule has 0 aliphatic carbocycles. The molecule has 0 spiro atoms. The lowest BCUT2D eigenvalue weighted by atomic mass is 10.1. The Morgan fingerprint density at radius 2 is 2.08 bits per heavy atom. The first-order chi connectivity index (χ1) is 11.6. The van der Waals surface area contributed by atoms with Gasteiger partial charge in [-0.3, -0.25) is 4.79 Å². The van der Waals surface area contributed by atoms with Crippen LogP contribution in [0.4, 0.5) is 0 Å². The molecule has 1 aromatic heterocycles. The lowest BCUT2D eigenvalue weighted by Crippen LogP contribution is -2.33. The smallest absolute Gasteiger partial charge is 0.254 e. The third-order valence-corrected chi connectivity index (χ3v) is 3.44. The molecule has 2 aromatic rings. The molecule has 0 N–H and O–H groups in total. The minimum absolute atomic E-state index is 0.0709. The van der Waals surface area contributed by atoms with E-state index in [1.807, 2.05) is 24.3 Å². The molecule has 0 atom stereocenters. The minimum atomic E-state index is -0.0709. The van der Waals surface area contributed by atoms with E-state index in [9.17, 15) is 4.79 Å². The Kier molecular flexibility index (Phi) is 6.88. The number of nitrogens with zero attached hydrogens (tertiary/aromatic N) is 1. The number of hydrogen-bond acceptors (Lipinski definition) is 4. The van der Waals surface area contributed by atoms with Gasteiger partial charge in [-0.25, -0.2) is 0 Å². The van der Waals surface area contributed by atoms with Crippen molar-refractivity contribution in [3.05, 3.63) is 54.0 Å². The summed E-state index contributed by atoms with van der Waals surface area (Å²) in [5, 5.41) is 0. The predicted octanol–water partition coefficient (Wildman–Crippen LogP) is 3.60. The van der Waals surface area contributed by atoms with E-state index in [2.05, 4.69) is 13.8 Å². The molecular formula is C19H25NO4. The third kappa shape index (κ3) is 5.42. The Labute approximate surface area is 143 Å². The molecule has 0 unspecified atom stereocenters. The summed E-state index contributed by atoms with van der Waals surface area (Å²) in [7, 11) is 1.62. The largest absolute Gasteiger partial charge is 0.493 e. The number of carbonyl (C=O) groups excluding carboxylic acids is 1. The maximum Gasteiger partial charge on any atom is 0.254 e. The average Bonchev–Trinajstić information content (AvgIpc) is 3.09. The van der Waals surface area contributed by atoms with E-state index < -0.39 is 0 Å². The molecular weight excluding hydrogens is 306 g/mol. The van der Waals surface area contributed by atoms with Gasteiger partial charge in [0.15, 0.2) is 0 Å². The normalized spacial score (nSPS) is 10.8. The van der Waals surface area contributed by atoms with Crippen LogP contribution in [-0.4, -0.2) is 37.7 Å². The Morgan fingerprint density at radius 3 is 2.75 bits per heavy atom. The van der Waals surface area contributed by atoms with Crippen LogP contribution in [0.25, 0.3) is 0 Å². The Hall–Kier alpha value is -2.27. The van der Waals surface area contributed by atoms with Gasteiger partial charge in [0.05, 0.1) is 26.0 Å². The van der Waals surface area contributed by atoms with Gasteiger partial charge in [0.1, 0.15) is 11.5 Å². The number of carbonyl (C=O) groups is 1. The highest BCUT2D eigenvalue weighted by Gasteiger charge is 2.17. The molecule has 0 aliphatic rings. The van der Waals surface area contributed by atoms with E-state index in [1.165, 1.54) is 0 Å². The van der Waals surface area contributed by atoms with Crippen molar-refractivity contribution in [3.63, 3.8) is 0 Å². The Morgan fingerprint density at radius 1 is 1.25 bits per heavy atom. The maximum atomic E-state index is 12.8. The van der Waals surface area contributed by atoms with E-state index in [4.69, 9.17) is 13.9 Å². The number of methoxy groups -OCH3 is 1. The van der Waals surface area contributed by atoms with Crippen molar-refractivity contribution >= 4 is 5.91 Å². The number of ether oxygens (including phenoxy) is 2. The number of hydrogen-bond donors (Lipinski definition) is 0. The maximum absolute atomic E-state index is 12.8. The second-order valence-electron chi connectivity index (χ2n) is 6.03. The van der Waals surface area contributed by atoms with Crippen molar-refractivity contribution in [2.75, 3.05) is 26.9 Å². The second kappa shape index (κ2) is 9.13. The summed E-state index contributed by atoms with van der Waals surface area (Å²) in [5.74, 6) is 1.81. The van der Waals surface area contributed by atoms with Gasteiger partial charge in [0.25, 0.3) is 5.91 Å². The van der Waals surface area contributed by atoms with Crippen LogP contribution in [-0.2, 0) is 11.3 Å². The van der Waals surface area contributed by atoms with Crippen molar-refractivity contribution in [1.82, 2.24) is 4.90 Å². The van der Waals surface area contributed by atoms with Crippen molar-refractivity contribution in [1.29, 1.82) is 0 Å². The number of furan rings is 1. The molecule has 1 heterocycles. The van der Waals surface area contributed by atoms with Crippen LogP contribution in [0.3, 0.4) is 0 Å². The van der Waals surface area contributed by atoms with E-state index in [0.29, 0.717) is 43.5 Å². The van der Waals surface area contributed by atoms with Crippen molar-refractivity contribution < 1.29 is 18.7 Å².